The van der Waals surface area contributed by atoms with Gasteiger partial charge in [0.2, 0.25) is 5.91 Å². The Hall–Kier alpha value is -1.95. The molecule has 3 aliphatic rings. The van der Waals surface area contributed by atoms with Crippen LogP contribution in [0.1, 0.15) is 43.2 Å². The molecule has 32 heavy (non-hydrogen) atoms. The van der Waals surface area contributed by atoms with Crippen LogP contribution in [0, 0.1) is 24.7 Å². The van der Waals surface area contributed by atoms with E-state index >= 15 is 0 Å². The Morgan fingerprint density at radius 2 is 2.12 bits per heavy atom. The first-order valence-electron chi connectivity index (χ1n) is 12.1. The summed E-state index contributed by atoms with van der Waals surface area (Å²) in [4.78, 5) is 14.1. The van der Waals surface area contributed by atoms with Gasteiger partial charge in [-0.1, -0.05) is 48.1 Å². The van der Waals surface area contributed by atoms with Crippen molar-refractivity contribution in [3.8, 4) is 0 Å². The summed E-state index contributed by atoms with van der Waals surface area (Å²) in [6.07, 6.45) is 10.2. The third-order valence-electron chi connectivity index (χ3n) is 7.24. The fraction of sp³-hybridized carbons (Fsp3) is 0.593. The fourth-order valence-electron chi connectivity index (χ4n) is 5.60. The van der Waals surface area contributed by atoms with Gasteiger partial charge in [0.05, 0.1) is 31.8 Å². The quantitative estimate of drug-likeness (QED) is 0.457. The molecule has 5 heteroatoms. The van der Waals surface area contributed by atoms with Crippen molar-refractivity contribution >= 4 is 5.91 Å². The number of amides is 1. The smallest absolute Gasteiger partial charge is 0.224 e. The molecule has 1 amide bonds. The number of hydrogen-bond acceptors (Lipinski definition) is 4. The molecule has 0 bridgehead atoms. The third-order valence-corrected chi connectivity index (χ3v) is 7.24. The lowest BCUT2D eigenvalue weighted by molar-refractivity contribution is -0.131. The minimum Gasteiger partial charge on any atom is -0.392 e. The van der Waals surface area contributed by atoms with Gasteiger partial charge in [-0.3, -0.25) is 4.79 Å². The second kappa shape index (κ2) is 10.8. The first kappa shape index (κ1) is 23.2. The van der Waals surface area contributed by atoms with Crippen LogP contribution >= 0.6 is 0 Å². The molecule has 2 aliphatic carbocycles. The minimum atomic E-state index is -0.548. The lowest BCUT2D eigenvalue weighted by atomic mass is 9.89. The molecule has 1 aromatic rings. The molecule has 2 fully saturated rings. The number of hydrogen-bond donors (Lipinski definition) is 2. The van der Waals surface area contributed by atoms with E-state index in [1.807, 2.05) is 29.2 Å². The molecule has 1 saturated carbocycles. The standard InChI is InChI=1S/C27H37NO4/c1-19-5-4-6-20(13-19)15-23(29)7-8-24-25-16-21(14-22(25)17-26(24)30)18-32-12-9-27(31)28-10-2-3-11-28/h4-8,13-14,22-26,29-30H,2-3,9-12,15-18H2,1H3/t22-,23+,24+,25-,26+/m0/s1. The van der Waals surface area contributed by atoms with E-state index in [2.05, 4.69) is 25.1 Å². The van der Waals surface area contributed by atoms with Crippen molar-refractivity contribution in [3.63, 3.8) is 0 Å². The SMILES string of the molecule is Cc1cccc(C[C@H](O)C=C[C@@H]2[C@H]3CC(COCCC(=O)N4CCCC4)=C[C@H]3C[C@H]2O)c1. The van der Waals surface area contributed by atoms with E-state index in [0.717, 1.165) is 44.3 Å². The van der Waals surface area contributed by atoms with Crippen LogP contribution in [-0.4, -0.2) is 59.5 Å². The Morgan fingerprint density at radius 1 is 1.31 bits per heavy atom. The van der Waals surface area contributed by atoms with Crippen LogP contribution in [0.25, 0.3) is 0 Å². The fourth-order valence-corrected chi connectivity index (χ4v) is 5.60. The highest BCUT2D eigenvalue weighted by Gasteiger charge is 2.43. The average molecular weight is 440 g/mol. The number of likely N-dealkylation sites (tertiary alicyclic amines) is 1. The lowest BCUT2D eigenvalue weighted by Crippen LogP contribution is -2.28. The van der Waals surface area contributed by atoms with E-state index in [-0.39, 0.29) is 17.9 Å². The van der Waals surface area contributed by atoms with Crippen molar-refractivity contribution in [1.29, 1.82) is 0 Å². The van der Waals surface area contributed by atoms with Crippen LogP contribution in [-0.2, 0) is 16.0 Å². The zero-order valence-corrected chi connectivity index (χ0v) is 19.2. The molecule has 5 nitrogen and oxygen atoms in total. The number of nitrogens with zero attached hydrogens (tertiary/aromatic N) is 1. The highest BCUT2D eigenvalue weighted by molar-refractivity contribution is 5.76. The van der Waals surface area contributed by atoms with Gasteiger partial charge < -0.3 is 19.8 Å². The van der Waals surface area contributed by atoms with Gasteiger partial charge >= 0.3 is 0 Å². The summed E-state index contributed by atoms with van der Waals surface area (Å²) in [5, 5.41) is 21.0. The molecule has 0 radical (unpaired) electrons. The molecule has 1 aliphatic heterocycles. The Kier molecular flexibility index (Phi) is 7.82. The molecule has 0 spiro atoms. The molecule has 1 saturated heterocycles. The number of aryl methyl sites for hydroxylation is 1. The predicted octanol–water partition coefficient (Wildman–Crippen LogP) is 3.43. The number of rotatable bonds is 9. The molecule has 2 N–H and O–H groups in total. The molecule has 0 aromatic heterocycles. The maximum absolute atomic E-state index is 12.1. The number of ether oxygens (including phenoxy) is 1. The Labute approximate surface area is 191 Å². The highest BCUT2D eigenvalue weighted by atomic mass is 16.5. The van der Waals surface area contributed by atoms with Gasteiger partial charge in [-0.15, -0.1) is 0 Å². The number of aliphatic hydroxyl groups is 2. The van der Waals surface area contributed by atoms with Gasteiger partial charge in [0, 0.05) is 25.4 Å². The summed E-state index contributed by atoms with van der Waals surface area (Å²) in [6, 6.07) is 8.21. The van der Waals surface area contributed by atoms with Gasteiger partial charge in [-0.2, -0.15) is 0 Å². The summed E-state index contributed by atoms with van der Waals surface area (Å²) in [6.45, 7) is 4.89. The van der Waals surface area contributed by atoms with Gasteiger partial charge in [0.1, 0.15) is 0 Å². The van der Waals surface area contributed by atoms with Crippen molar-refractivity contribution in [2.24, 2.45) is 17.8 Å². The maximum Gasteiger partial charge on any atom is 0.224 e. The van der Waals surface area contributed by atoms with Crippen LogP contribution in [0.5, 0.6) is 0 Å². The van der Waals surface area contributed by atoms with Crippen LogP contribution in [0.15, 0.2) is 48.1 Å². The van der Waals surface area contributed by atoms with E-state index in [1.165, 1.54) is 11.1 Å². The zero-order chi connectivity index (χ0) is 22.5. The normalized spacial score (nSPS) is 28.3. The highest BCUT2D eigenvalue weighted by Crippen LogP contribution is 2.47. The van der Waals surface area contributed by atoms with E-state index in [4.69, 9.17) is 4.74 Å². The van der Waals surface area contributed by atoms with Crippen molar-refractivity contribution in [2.45, 2.75) is 57.7 Å². The number of allylic oxidation sites excluding steroid dienone is 1. The van der Waals surface area contributed by atoms with Crippen molar-refractivity contribution in [1.82, 2.24) is 4.90 Å². The molecule has 0 unspecified atom stereocenters. The number of aliphatic hydroxyl groups excluding tert-OH is 2. The Bertz CT molecular complexity index is 842. The van der Waals surface area contributed by atoms with Gasteiger partial charge in [-0.25, -0.2) is 0 Å². The average Bonchev–Trinajstić information content (AvgIpc) is 3.47. The molecule has 5 atom stereocenters. The largest absolute Gasteiger partial charge is 0.392 e. The minimum absolute atomic E-state index is 0.0673. The topological polar surface area (TPSA) is 70.0 Å². The second-order valence-electron chi connectivity index (χ2n) is 9.77. The van der Waals surface area contributed by atoms with Crippen LogP contribution in [0.2, 0.25) is 0 Å². The zero-order valence-electron chi connectivity index (χ0n) is 19.2. The number of carbonyl (C=O) groups excluding carboxylic acids is 1. The van der Waals surface area contributed by atoms with Crippen LogP contribution in [0.3, 0.4) is 0 Å². The number of fused-ring (bicyclic) bond motifs is 1. The van der Waals surface area contributed by atoms with E-state index in [0.29, 0.717) is 37.9 Å². The molecular weight excluding hydrogens is 402 g/mol. The van der Waals surface area contributed by atoms with Gasteiger partial charge in [0.25, 0.3) is 0 Å². The predicted molar refractivity (Wildman–Crippen MR) is 125 cm³/mol. The first-order valence-corrected chi connectivity index (χ1v) is 12.1. The van der Waals surface area contributed by atoms with Crippen molar-refractivity contribution in [3.05, 3.63) is 59.2 Å². The molecule has 4 rings (SSSR count). The number of carbonyl (C=O) groups is 1. The molecule has 174 valence electrons. The first-order chi connectivity index (χ1) is 15.5. The summed E-state index contributed by atoms with van der Waals surface area (Å²) >= 11 is 0. The van der Waals surface area contributed by atoms with E-state index in [1.54, 1.807) is 0 Å². The Balaban J connectivity index is 1.22. The summed E-state index contributed by atoms with van der Waals surface area (Å²) in [5.74, 6) is 1.02. The summed E-state index contributed by atoms with van der Waals surface area (Å²) in [5.41, 5.74) is 3.59. The van der Waals surface area contributed by atoms with Crippen LogP contribution in [0.4, 0.5) is 0 Å². The maximum atomic E-state index is 12.1. The number of benzene rings is 1. The summed E-state index contributed by atoms with van der Waals surface area (Å²) in [7, 11) is 0. The third kappa shape index (κ3) is 5.89. The van der Waals surface area contributed by atoms with E-state index in [9.17, 15) is 15.0 Å². The van der Waals surface area contributed by atoms with Crippen LogP contribution < -0.4 is 0 Å². The second-order valence-corrected chi connectivity index (χ2v) is 9.77. The van der Waals surface area contributed by atoms with E-state index < -0.39 is 6.10 Å². The van der Waals surface area contributed by atoms with Gasteiger partial charge in [-0.05, 0) is 55.6 Å². The van der Waals surface area contributed by atoms with Crippen molar-refractivity contribution in [2.75, 3.05) is 26.3 Å². The molecular formula is C27H37NO4. The monoisotopic (exact) mass is 439 g/mol. The van der Waals surface area contributed by atoms with Crippen molar-refractivity contribution < 1.29 is 19.7 Å². The molecule has 1 aromatic carbocycles. The van der Waals surface area contributed by atoms with Gasteiger partial charge in [0.15, 0.2) is 0 Å². The summed E-state index contributed by atoms with van der Waals surface area (Å²) < 4.78 is 5.81. The Morgan fingerprint density at radius 3 is 2.91 bits per heavy atom. The lowest BCUT2D eigenvalue weighted by Gasteiger charge is -2.19. The molecule has 1 heterocycles.